The van der Waals surface area contributed by atoms with E-state index in [2.05, 4.69) is 0 Å². The highest BCUT2D eigenvalue weighted by atomic mass is 32.2. The summed E-state index contributed by atoms with van der Waals surface area (Å²) >= 11 is 0. The number of para-hydroxylation sites is 1. The van der Waals surface area contributed by atoms with Crippen molar-refractivity contribution in [2.24, 2.45) is 0 Å². The van der Waals surface area contributed by atoms with E-state index in [1.54, 1.807) is 0 Å². The number of rotatable bonds is 6. The molecule has 34 heavy (non-hydrogen) atoms. The maximum Gasteiger partial charge on any atom is 0.338 e. The van der Waals surface area contributed by atoms with Gasteiger partial charge in [0.1, 0.15) is 0 Å². The summed E-state index contributed by atoms with van der Waals surface area (Å²) in [4.78, 5) is 27.2. The first-order chi connectivity index (χ1) is 16.1. The van der Waals surface area contributed by atoms with E-state index in [0.717, 1.165) is 16.9 Å². The molecule has 2 heterocycles. The van der Waals surface area contributed by atoms with Crippen molar-refractivity contribution < 1.29 is 27.5 Å². The van der Waals surface area contributed by atoms with Crippen LogP contribution in [0, 0.1) is 0 Å². The van der Waals surface area contributed by atoms with Gasteiger partial charge in [-0.1, -0.05) is 38.1 Å². The van der Waals surface area contributed by atoms with Crippen LogP contribution in [-0.2, 0) is 29.7 Å². The first-order valence-corrected chi connectivity index (χ1v) is 12.5. The number of anilines is 1. The largest absolute Gasteiger partial charge is 0.454 e. The summed E-state index contributed by atoms with van der Waals surface area (Å²) in [5.41, 5.74) is 2.66. The smallest absolute Gasteiger partial charge is 0.338 e. The molecule has 9 heteroatoms. The molecule has 0 unspecified atom stereocenters. The summed E-state index contributed by atoms with van der Waals surface area (Å²) in [5.74, 6) is -1.11. The van der Waals surface area contributed by atoms with Crippen molar-refractivity contribution in [2.75, 3.05) is 44.9 Å². The molecule has 0 atom stereocenters. The van der Waals surface area contributed by atoms with Crippen molar-refractivity contribution in [2.45, 2.75) is 24.2 Å². The second kappa shape index (κ2) is 9.32. The molecule has 180 valence electrons. The van der Waals surface area contributed by atoms with Crippen molar-refractivity contribution in [1.82, 2.24) is 4.31 Å². The predicted molar refractivity (Wildman–Crippen MR) is 127 cm³/mol. The van der Waals surface area contributed by atoms with E-state index >= 15 is 0 Å². The van der Waals surface area contributed by atoms with Gasteiger partial charge in [0.25, 0.3) is 0 Å². The van der Waals surface area contributed by atoms with Gasteiger partial charge < -0.3 is 14.4 Å². The summed E-state index contributed by atoms with van der Waals surface area (Å²) in [5, 5.41) is 0. The van der Waals surface area contributed by atoms with Crippen LogP contribution in [0.4, 0.5) is 5.69 Å². The maximum absolute atomic E-state index is 12.9. The van der Waals surface area contributed by atoms with Gasteiger partial charge >= 0.3 is 5.97 Å². The molecule has 2 aliphatic rings. The highest BCUT2D eigenvalue weighted by molar-refractivity contribution is 7.89. The zero-order chi connectivity index (χ0) is 24.5. The number of sulfonamides is 1. The molecule has 0 spiro atoms. The summed E-state index contributed by atoms with van der Waals surface area (Å²) in [6.07, 6.45) is 1.51. The SMILES string of the molecule is CN1/C(=C\C(=O)COC(=O)c2cccc(S(=O)(=O)N3CCOCC3)c2)C(C)(C)c2ccccc21. The van der Waals surface area contributed by atoms with Gasteiger partial charge in [0.2, 0.25) is 10.0 Å². The summed E-state index contributed by atoms with van der Waals surface area (Å²) in [6, 6.07) is 13.6. The Labute approximate surface area is 199 Å². The minimum atomic E-state index is -3.75. The molecule has 0 N–H and O–H groups in total. The van der Waals surface area contributed by atoms with Crippen LogP contribution >= 0.6 is 0 Å². The van der Waals surface area contributed by atoms with Gasteiger partial charge in [0, 0.05) is 43.0 Å². The number of hydrogen-bond acceptors (Lipinski definition) is 7. The molecule has 2 aliphatic heterocycles. The van der Waals surface area contributed by atoms with Crippen molar-refractivity contribution in [3.8, 4) is 0 Å². The molecular formula is C25H28N2O6S. The molecule has 8 nitrogen and oxygen atoms in total. The van der Waals surface area contributed by atoms with Gasteiger partial charge in [-0.3, -0.25) is 4.79 Å². The number of esters is 1. The van der Waals surface area contributed by atoms with Crippen LogP contribution in [0.15, 0.2) is 65.2 Å². The average Bonchev–Trinajstić information content (AvgIpc) is 3.04. The average molecular weight is 485 g/mol. The number of morpholine rings is 1. The topological polar surface area (TPSA) is 93.2 Å². The van der Waals surface area contributed by atoms with Crippen molar-refractivity contribution in [3.63, 3.8) is 0 Å². The fraction of sp³-hybridized carbons (Fsp3) is 0.360. The molecule has 2 aromatic rings. The molecule has 2 aromatic carbocycles. The number of ketones is 1. The normalized spacial score (nSPS) is 19.1. The molecule has 0 aromatic heterocycles. The predicted octanol–water partition coefficient (Wildman–Crippen LogP) is 2.74. The fourth-order valence-electron chi connectivity index (χ4n) is 4.39. The number of allylic oxidation sites excluding steroid dienone is 1. The highest BCUT2D eigenvalue weighted by Crippen LogP contribution is 2.46. The third-order valence-corrected chi connectivity index (χ3v) is 8.16. The Morgan fingerprint density at radius 3 is 2.50 bits per heavy atom. The minimum Gasteiger partial charge on any atom is -0.454 e. The zero-order valence-corrected chi connectivity index (χ0v) is 20.3. The lowest BCUT2D eigenvalue weighted by molar-refractivity contribution is -0.117. The quantitative estimate of drug-likeness (QED) is 0.460. The monoisotopic (exact) mass is 484 g/mol. The lowest BCUT2D eigenvalue weighted by atomic mass is 9.83. The van der Waals surface area contributed by atoms with E-state index in [1.807, 2.05) is 50.1 Å². The fourth-order valence-corrected chi connectivity index (χ4v) is 5.85. The molecule has 0 radical (unpaired) electrons. The van der Waals surface area contributed by atoms with Crippen LogP contribution in [0.2, 0.25) is 0 Å². The van der Waals surface area contributed by atoms with Crippen LogP contribution in [0.1, 0.15) is 29.8 Å². The minimum absolute atomic E-state index is 0.00406. The molecular weight excluding hydrogens is 456 g/mol. The molecule has 0 bridgehead atoms. The third-order valence-electron chi connectivity index (χ3n) is 6.26. The summed E-state index contributed by atoms with van der Waals surface area (Å²) < 4.78 is 37.5. The summed E-state index contributed by atoms with van der Waals surface area (Å²) in [7, 11) is -1.84. The van der Waals surface area contributed by atoms with Crippen LogP contribution in [-0.4, -0.2) is 64.4 Å². The molecule has 0 saturated carbocycles. The van der Waals surface area contributed by atoms with Gasteiger partial charge in [0.15, 0.2) is 12.4 Å². The van der Waals surface area contributed by atoms with Gasteiger partial charge in [-0.15, -0.1) is 0 Å². The van der Waals surface area contributed by atoms with Crippen LogP contribution in [0.5, 0.6) is 0 Å². The number of ether oxygens (including phenoxy) is 2. The zero-order valence-electron chi connectivity index (χ0n) is 19.5. The van der Waals surface area contributed by atoms with Crippen LogP contribution < -0.4 is 4.90 Å². The molecule has 1 fully saturated rings. The Morgan fingerprint density at radius 1 is 1.09 bits per heavy atom. The van der Waals surface area contributed by atoms with Crippen LogP contribution in [0.3, 0.4) is 0 Å². The lowest BCUT2D eigenvalue weighted by Crippen LogP contribution is -2.40. The Morgan fingerprint density at radius 2 is 1.79 bits per heavy atom. The van der Waals surface area contributed by atoms with Crippen molar-refractivity contribution in [1.29, 1.82) is 0 Å². The second-order valence-corrected chi connectivity index (χ2v) is 10.8. The Balaban J connectivity index is 1.44. The summed E-state index contributed by atoms with van der Waals surface area (Å²) in [6.45, 7) is 4.82. The van der Waals surface area contributed by atoms with Crippen molar-refractivity contribution in [3.05, 3.63) is 71.4 Å². The molecule has 1 saturated heterocycles. The maximum atomic E-state index is 12.9. The highest BCUT2D eigenvalue weighted by Gasteiger charge is 2.38. The Bertz CT molecular complexity index is 1250. The van der Waals surface area contributed by atoms with Gasteiger partial charge in [-0.25, -0.2) is 13.2 Å². The van der Waals surface area contributed by atoms with E-state index in [0.29, 0.717) is 13.2 Å². The lowest BCUT2D eigenvalue weighted by Gasteiger charge is -2.26. The van der Waals surface area contributed by atoms with Gasteiger partial charge in [-0.05, 0) is 29.8 Å². The second-order valence-electron chi connectivity index (χ2n) is 8.82. The van der Waals surface area contributed by atoms with E-state index in [-0.39, 0.29) is 34.7 Å². The number of hydrogen-bond donors (Lipinski definition) is 0. The molecule has 0 amide bonds. The number of carbonyl (C=O) groups excluding carboxylic acids is 2. The number of benzene rings is 2. The van der Waals surface area contributed by atoms with E-state index < -0.39 is 22.6 Å². The van der Waals surface area contributed by atoms with E-state index in [1.165, 1.54) is 34.6 Å². The number of carbonyl (C=O) groups is 2. The Hall–Kier alpha value is -3.01. The number of nitrogens with zero attached hydrogens (tertiary/aromatic N) is 2. The van der Waals surface area contributed by atoms with E-state index in [4.69, 9.17) is 9.47 Å². The first kappa shape index (κ1) is 24.1. The first-order valence-electron chi connectivity index (χ1n) is 11.1. The number of fused-ring (bicyclic) bond motifs is 1. The van der Waals surface area contributed by atoms with Gasteiger partial charge in [-0.2, -0.15) is 4.31 Å². The molecule has 0 aliphatic carbocycles. The third kappa shape index (κ3) is 4.51. The molecule has 4 rings (SSSR count). The standard InChI is InChI=1S/C25H28N2O6S/c1-25(2)21-9-4-5-10-22(21)26(3)23(25)16-19(28)17-33-24(29)18-7-6-8-20(15-18)34(30,31)27-11-13-32-14-12-27/h4-10,15-16H,11-14,17H2,1-3H3/b23-16-. The van der Waals surface area contributed by atoms with Crippen LogP contribution in [0.25, 0.3) is 0 Å². The van der Waals surface area contributed by atoms with Gasteiger partial charge in [0.05, 0.1) is 23.7 Å². The number of likely N-dealkylation sites (N-methyl/N-ethyl adjacent to an activating group) is 1. The Kier molecular flexibility index (Phi) is 6.62. The van der Waals surface area contributed by atoms with E-state index in [9.17, 15) is 18.0 Å². The van der Waals surface area contributed by atoms with Crippen molar-refractivity contribution >= 4 is 27.5 Å².